The molecule has 0 aliphatic carbocycles. The molecule has 2 saturated heterocycles. The zero-order valence-electron chi connectivity index (χ0n) is 15.1. The maximum atomic E-state index is 11.3. The Kier molecular flexibility index (Phi) is 4.95. The monoisotopic (exact) mass is 374 g/mol. The zero-order chi connectivity index (χ0) is 18.1. The first-order valence-electron chi connectivity index (χ1n) is 9.41. The number of carbonyl (C=O) groups is 1. The van der Waals surface area contributed by atoms with Crippen molar-refractivity contribution in [1.82, 2.24) is 19.9 Å². The Hall–Kier alpha value is -1.93. The van der Waals surface area contributed by atoms with Crippen molar-refractivity contribution in [3.05, 3.63) is 28.8 Å². The summed E-state index contributed by atoms with van der Waals surface area (Å²) in [6.07, 6.45) is 6.60. The molecule has 0 aromatic carbocycles. The second kappa shape index (κ2) is 7.36. The van der Waals surface area contributed by atoms with Crippen LogP contribution in [-0.2, 0) is 13.0 Å². The third-order valence-electron chi connectivity index (χ3n) is 5.50. The number of aromatic nitrogens is 3. The van der Waals surface area contributed by atoms with E-state index in [1.807, 2.05) is 6.20 Å². The van der Waals surface area contributed by atoms with Gasteiger partial charge in [0.25, 0.3) is 5.91 Å². The molecule has 2 aromatic heterocycles. The number of fused-ring (bicyclic) bond motifs is 1. The number of rotatable bonds is 7. The highest BCUT2D eigenvalue weighted by molar-refractivity contribution is 7.13. The van der Waals surface area contributed by atoms with Gasteiger partial charge >= 0.3 is 0 Å². The molecule has 2 aromatic rings. The Morgan fingerprint density at radius 3 is 3.12 bits per heavy atom. The first kappa shape index (κ1) is 17.5. The molecule has 4 rings (SSSR count). The maximum absolute atomic E-state index is 11.3. The molecular formula is C18H26N6OS. The summed E-state index contributed by atoms with van der Waals surface area (Å²) in [5.74, 6) is 1.32. The summed E-state index contributed by atoms with van der Waals surface area (Å²) in [6, 6.07) is 0.540. The SMILES string of the molecule is CCCCc1ncc(CN2CC[C@@H]3CN(c4nc(C(N)=O)cs4)C[C@@H]32)[nH]1. The fourth-order valence-electron chi connectivity index (χ4n) is 4.10. The second-order valence-corrected chi connectivity index (χ2v) is 8.17. The molecule has 4 heterocycles. The highest BCUT2D eigenvalue weighted by Crippen LogP contribution is 2.35. The van der Waals surface area contributed by atoms with Crippen LogP contribution in [0.15, 0.2) is 11.6 Å². The quantitative estimate of drug-likeness (QED) is 0.774. The van der Waals surface area contributed by atoms with Gasteiger partial charge in [0.15, 0.2) is 5.13 Å². The highest BCUT2D eigenvalue weighted by Gasteiger charge is 2.42. The van der Waals surface area contributed by atoms with Gasteiger partial charge in [-0.15, -0.1) is 11.3 Å². The molecule has 8 heteroatoms. The van der Waals surface area contributed by atoms with E-state index in [-0.39, 0.29) is 0 Å². The van der Waals surface area contributed by atoms with E-state index in [1.54, 1.807) is 5.38 Å². The van der Waals surface area contributed by atoms with Gasteiger partial charge in [0.2, 0.25) is 0 Å². The van der Waals surface area contributed by atoms with Crippen molar-refractivity contribution in [3.8, 4) is 0 Å². The van der Waals surface area contributed by atoms with Crippen LogP contribution in [0.3, 0.4) is 0 Å². The number of likely N-dealkylation sites (tertiary alicyclic amines) is 1. The van der Waals surface area contributed by atoms with Crippen molar-refractivity contribution >= 4 is 22.4 Å². The summed E-state index contributed by atoms with van der Waals surface area (Å²) < 4.78 is 0. The Morgan fingerprint density at radius 1 is 1.46 bits per heavy atom. The molecule has 0 spiro atoms. The van der Waals surface area contributed by atoms with E-state index in [0.717, 1.165) is 43.6 Å². The normalized spacial score (nSPS) is 22.9. The summed E-state index contributed by atoms with van der Waals surface area (Å²) >= 11 is 1.51. The number of amides is 1. The third-order valence-corrected chi connectivity index (χ3v) is 6.40. The third kappa shape index (κ3) is 3.48. The van der Waals surface area contributed by atoms with Crippen LogP contribution in [0.2, 0.25) is 0 Å². The molecule has 2 aliphatic heterocycles. The Balaban J connectivity index is 1.38. The van der Waals surface area contributed by atoms with E-state index in [2.05, 4.69) is 31.7 Å². The van der Waals surface area contributed by atoms with Gasteiger partial charge < -0.3 is 15.6 Å². The van der Waals surface area contributed by atoms with Crippen LogP contribution in [0.5, 0.6) is 0 Å². The molecule has 0 bridgehead atoms. The summed E-state index contributed by atoms with van der Waals surface area (Å²) in [6.45, 7) is 6.25. The topological polar surface area (TPSA) is 91.1 Å². The molecule has 3 N–H and O–H groups in total. The fourth-order valence-corrected chi connectivity index (χ4v) is 4.94. The lowest BCUT2D eigenvalue weighted by molar-refractivity contribution is 0.0996. The van der Waals surface area contributed by atoms with Crippen LogP contribution < -0.4 is 10.6 Å². The van der Waals surface area contributed by atoms with Crippen molar-refractivity contribution < 1.29 is 4.79 Å². The Labute approximate surface area is 157 Å². The van der Waals surface area contributed by atoms with Crippen LogP contribution >= 0.6 is 11.3 Å². The van der Waals surface area contributed by atoms with Crippen LogP contribution in [0.25, 0.3) is 0 Å². The van der Waals surface area contributed by atoms with E-state index in [1.165, 1.54) is 36.3 Å². The minimum Gasteiger partial charge on any atom is -0.364 e. The van der Waals surface area contributed by atoms with Gasteiger partial charge in [0.1, 0.15) is 11.5 Å². The number of anilines is 1. The van der Waals surface area contributed by atoms with Gasteiger partial charge in [-0.2, -0.15) is 0 Å². The molecule has 2 atom stereocenters. The maximum Gasteiger partial charge on any atom is 0.268 e. The van der Waals surface area contributed by atoms with Crippen LogP contribution in [0, 0.1) is 5.92 Å². The number of unbranched alkanes of at least 4 members (excludes halogenated alkanes) is 1. The lowest BCUT2D eigenvalue weighted by Crippen LogP contribution is -2.34. The number of carbonyl (C=O) groups excluding carboxylic acids is 1. The van der Waals surface area contributed by atoms with Crippen molar-refractivity contribution in [2.75, 3.05) is 24.5 Å². The lowest BCUT2D eigenvalue weighted by Gasteiger charge is -2.23. The molecule has 0 saturated carbocycles. The summed E-state index contributed by atoms with van der Waals surface area (Å²) in [4.78, 5) is 28.5. The Morgan fingerprint density at radius 2 is 2.35 bits per heavy atom. The number of hydrogen-bond acceptors (Lipinski definition) is 6. The van der Waals surface area contributed by atoms with Crippen molar-refractivity contribution in [3.63, 3.8) is 0 Å². The largest absolute Gasteiger partial charge is 0.364 e. The number of aryl methyl sites for hydroxylation is 1. The standard InChI is InChI=1S/C18H26N6OS/c1-2-3-4-16-20-7-13(21-16)9-23-6-5-12-8-24(10-15(12)23)18-22-14(11-26-18)17(19)25/h7,11-12,15H,2-6,8-10H2,1H3,(H2,19,25)(H,20,21)/t12-,15+/m1/s1. The number of nitrogens with one attached hydrogen (secondary N) is 1. The highest BCUT2D eigenvalue weighted by atomic mass is 32.1. The average Bonchev–Trinajstić information content (AvgIpc) is 3.38. The van der Waals surface area contributed by atoms with Crippen molar-refractivity contribution in [2.24, 2.45) is 11.7 Å². The second-order valence-electron chi connectivity index (χ2n) is 7.33. The van der Waals surface area contributed by atoms with E-state index in [0.29, 0.717) is 17.7 Å². The van der Waals surface area contributed by atoms with Gasteiger partial charge in [-0.05, 0) is 25.3 Å². The molecule has 140 valence electrons. The van der Waals surface area contributed by atoms with E-state index < -0.39 is 5.91 Å². The molecular weight excluding hydrogens is 348 g/mol. The molecule has 7 nitrogen and oxygen atoms in total. The Bertz CT molecular complexity index is 771. The molecule has 0 unspecified atom stereocenters. The summed E-state index contributed by atoms with van der Waals surface area (Å²) in [5.41, 5.74) is 6.91. The number of imidazole rings is 1. The molecule has 26 heavy (non-hydrogen) atoms. The van der Waals surface area contributed by atoms with Gasteiger partial charge in [-0.25, -0.2) is 9.97 Å². The van der Waals surface area contributed by atoms with Crippen molar-refractivity contribution in [1.29, 1.82) is 0 Å². The average molecular weight is 375 g/mol. The number of primary amides is 1. The number of hydrogen-bond donors (Lipinski definition) is 2. The molecule has 2 aliphatic rings. The van der Waals surface area contributed by atoms with Crippen LogP contribution in [0.1, 0.15) is 48.2 Å². The number of thiazole rings is 1. The van der Waals surface area contributed by atoms with Gasteiger partial charge in [0, 0.05) is 49.4 Å². The van der Waals surface area contributed by atoms with Crippen LogP contribution in [-0.4, -0.2) is 51.4 Å². The minimum atomic E-state index is -0.452. The lowest BCUT2D eigenvalue weighted by atomic mass is 10.1. The van der Waals surface area contributed by atoms with Gasteiger partial charge in [-0.3, -0.25) is 9.69 Å². The fraction of sp³-hybridized carbons (Fsp3) is 0.611. The zero-order valence-corrected chi connectivity index (χ0v) is 16.0. The molecule has 1 amide bonds. The summed E-state index contributed by atoms with van der Waals surface area (Å²) in [7, 11) is 0. The number of nitrogens with zero attached hydrogens (tertiary/aromatic N) is 4. The first-order valence-corrected chi connectivity index (χ1v) is 10.3. The predicted molar refractivity (Wildman–Crippen MR) is 102 cm³/mol. The first-order chi connectivity index (χ1) is 12.6. The van der Waals surface area contributed by atoms with E-state index in [4.69, 9.17) is 5.73 Å². The minimum absolute atomic E-state index is 0.371. The molecule has 0 radical (unpaired) electrons. The van der Waals surface area contributed by atoms with Gasteiger partial charge in [-0.1, -0.05) is 13.3 Å². The van der Waals surface area contributed by atoms with Crippen molar-refractivity contribution in [2.45, 2.75) is 45.2 Å². The van der Waals surface area contributed by atoms with Gasteiger partial charge in [0.05, 0.1) is 0 Å². The van der Waals surface area contributed by atoms with Crippen LogP contribution in [0.4, 0.5) is 5.13 Å². The smallest absolute Gasteiger partial charge is 0.268 e. The molecule has 2 fully saturated rings. The number of nitrogens with two attached hydrogens (primary N) is 1. The number of H-pyrrole nitrogens is 1. The van der Waals surface area contributed by atoms with E-state index >= 15 is 0 Å². The van der Waals surface area contributed by atoms with E-state index in [9.17, 15) is 4.79 Å². The summed E-state index contributed by atoms with van der Waals surface area (Å²) in [5, 5.41) is 2.67. The number of aromatic amines is 1. The predicted octanol–water partition coefficient (Wildman–Crippen LogP) is 2.02.